The van der Waals surface area contributed by atoms with Crippen molar-refractivity contribution >= 4 is 8.32 Å². The van der Waals surface area contributed by atoms with E-state index in [0.29, 0.717) is 0 Å². The molecule has 0 fully saturated rings. The summed E-state index contributed by atoms with van der Waals surface area (Å²) in [6.45, 7) is 14.1. The number of aliphatic hydroxyl groups excluding tert-OH is 1. The zero-order valence-corrected chi connectivity index (χ0v) is 16.0. The van der Waals surface area contributed by atoms with Gasteiger partial charge in [-0.15, -0.1) is 0 Å². The van der Waals surface area contributed by atoms with Crippen LogP contribution in [0, 0.1) is 0 Å². The van der Waals surface area contributed by atoms with Gasteiger partial charge in [-0.2, -0.15) is 0 Å². The van der Waals surface area contributed by atoms with Gasteiger partial charge in [0.05, 0.1) is 6.10 Å². The van der Waals surface area contributed by atoms with Crippen molar-refractivity contribution in [3.05, 3.63) is 48.0 Å². The highest BCUT2D eigenvalue weighted by Crippen LogP contribution is 2.36. The van der Waals surface area contributed by atoms with Gasteiger partial charge in [0, 0.05) is 12.5 Å². The van der Waals surface area contributed by atoms with E-state index in [1.54, 1.807) is 0 Å². The normalized spacial score (nSPS) is 16.0. The molecule has 2 nitrogen and oxygen atoms in total. The summed E-state index contributed by atoms with van der Waals surface area (Å²) in [7, 11) is -1.65. The highest BCUT2D eigenvalue weighted by Gasteiger charge is 2.36. The predicted molar refractivity (Wildman–Crippen MR) is 97.8 cm³/mol. The maximum absolute atomic E-state index is 10.2. The van der Waals surface area contributed by atoms with Crippen LogP contribution >= 0.6 is 0 Å². The van der Waals surface area contributed by atoms with Gasteiger partial charge in [0.2, 0.25) is 0 Å². The van der Waals surface area contributed by atoms with Gasteiger partial charge in [-0.3, -0.25) is 0 Å². The molecule has 0 saturated carbocycles. The Hall–Kier alpha value is -0.903. The molecule has 0 aliphatic heterocycles. The summed E-state index contributed by atoms with van der Waals surface area (Å²) in [5.41, 5.74) is 1.16. The van der Waals surface area contributed by atoms with E-state index in [1.165, 1.54) is 0 Å². The summed E-state index contributed by atoms with van der Waals surface area (Å²) in [5.74, 6) is 0.110. The number of hydrogen-bond donors (Lipinski definition) is 1. The average Bonchev–Trinajstić information content (AvgIpc) is 2.45. The molecule has 0 bridgehead atoms. The number of rotatable bonds is 7. The standard InChI is InChI=1S/C19H32O2Si/c1-16(17-12-8-7-9-13-17)18(20)14-10-11-15-21-22(5,6)19(2,3)4/h7-10,12-14,16,18,20H,11,15H2,1-6H3/b14-10+/t16-,18+/m1/s1. The SMILES string of the molecule is C[C@H](c1ccccc1)[C@@H](O)/C=C/CCO[Si](C)(C)C(C)(C)C. The van der Waals surface area contributed by atoms with Gasteiger partial charge < -0.3 is 9.53 Å². The zero-order valence-electron chi connectivity index (χ0n) is 15.0. The number of benzene rings is 1. The molecule has 3 heteroatoms. The molecule has 0 unspecified atom stereocenters. The first kappa shape index (κ1) is 19.1. The first-order chi connectivity index (χ1) is 10.1. The fourth-order valence-corrected chi connectivity index (χ4v) is 3.02. The molecule has 0 spiro atoms. The zero-order chi connectivity index (χ0) is 16.8. The molecule has 2 atom stereocenters. The lowest BCUT2D eigenvalue weighted by molar-refractivity contribution is 0.196. The van der Waals surface area contributed by atoms with Crippen LogP contribution in [-0.2, 0) is 4.43 Å². The van der Waals surface area contributed by atoms with Crippen molar-refractivity contribution in [2.75, 3.05) is 6.61 Å². The molecule has 22 heavy (non-hydrogen) atoms. The van der Waals surface area contributed by atoms with E-state index in [4.69, 9.17) is 4.43 Å². The van der Waals surface area contributed by atoms with E-state index in [-0.39, 0.29) is 11.0 Å². The van der Waals surface area contributed by atoms with Crippen molar-refractivity contribution < 1.29 is 9.53 Å². The summed E-state index contributed by atoms with van der Waals surface area (Å²) < 4.78 is 6.13. The second-order valence-corrected chi connectivity index (χ2v) is 12.3. The average molecular weight is 321 g/mol. The molecule has 0 aliphatic rings. The summed E-state index contributed by atoms with van der Waals surface area (Å²) in [5, 5.41) is 10.5. The van der Waals surface area contributed by atoms with Gasteiger partial charge in [-0.1, -0.05) is 70.2 Å². The van der Waals surface area contributed by atoms with E-state index in [2.05, 4.69) is 52.9 Å². The van der Waals surface area contributed by atoms with Crippen LogP contribution in [0.1, 0.15) is 45.6 Å². The van der Waals surface area contributed by atoms with Crippen molar-refractivity contribution in [1.29, 1.82) is 0 Å². The highest BCUT2D eigenvalue weighted by molar-refractivity contribution is 6.74. The summed E-state index contributed by atoms with van der Waals surface area (Å²) in [4.78, 5) is 0. The quantitative estimate of drug-likeness (QED) is 0.429. The van der Waals surface area contributed by atoms with Crippen LogP contribution in [0.4, 0.5) is 0 Å². The Morgan fingerprint density at radius 2 is 1.77 bits per heavy atom. The smallest absolute Gasteiger partial charge is 0.191 e. The van der Waals surface area contributed by atoms with Gasteiger partial charge in [0.1, 0.15) is 0 Å². The second-order valence-electron chi connectivity index (χ2n) is 7.52. The Bertz CT molecular complexity index is 460. The lowest BCUT2D eigenvalue weighted by atomic mass is 9.95. The maximum atomic E-state index is 10.2. The van der Waals surface area contributed by atoms with Gasteiger partial charge in [0.15, 0.2) is 8.32 Å². The lowest BCUT2D eigenvalue weighted by Gasteiger charge is -2.36. The molecule has 1 N–H and O–H groups in total. The Morgan fingerprint density at radius 3 is 2.32 bits per heavy atom. The van der Waals surface area contributed by atoms with Crippen molar-refractivity contribution in [3.8, 4) is 0 Å². The van der Waals surface area contributed by atoms with Crippen LogP contribution in [0.15, 0.2) is 42.5 Å². The summed E-state index contributed by atoms with van der Waals surface area (Å²) in [6.07, 6.45) is 4.34. The van der Waals surface area contributed by atoms with E-state index >= 15 is 0 Å². The van der Waals surface area contributed by atoms with Crippen LogP contribution in [0.2, 0.25) is 18.1 Å². The van der Waals surface area contributed by atoms with Crippen molar-refractivity contribution in [3.63, 3.8) is 0 Å². The minimum atomic E-state index is -1.65. The maximum Gasteiger partial charge on any atom is 0.191 e. The summed E-state index contributed by atoms with van der Waals surface area (Å²) >= 11 is 0. The van der Waals surface area contributed by atoms with E-state index in [1.807, 2.05) is 30.4 Å². The van der Waals surface area contributed by atoms with Crippen LogP contribution in [0.5, 0.6) is 0 Å². The minimum absolute atomic E-state index is 0.110. The van der Waals surface area contributed by atoms with E-state index in [0.717, 1.165) is 18.6 Å². The largest absolute Gasteiger partial charge is 0.417 e. The molecule has 0 saturated heterocycles. The van der Waals surface area contributed by atoms with Gasteiger partial charge >= 0.3 is 0 Å². The van der Waals surface area contributed by atoms with Crippen molar-refractivity contribution in [2.45, 2.75) is 64.3 Å². The second kappa shape index (κ2) is 8.09. The third kappa shape index (κ3) is 5.71. The van der Waals surface area contributed by atoms with Crippen LogP contribution < -0.4 is 0 Å². The molecule has 0 heterocycles. The van der Waals surface area contributed by atoms with Crippen molar-refractivity contribution in [2.24, 2.45) is 0 Å². The molecule has 0 amide bonds. The Balaban J connectivity index is 2.40. The van der Waals surface area contributed by atoms with Crippen molar-refractivity contribution in [1.82, 2.24) is 0 Å². The molecule has 0 radical (unpaired) electrons. The van der Waals surface area contributed by atoms with Crippen LogP contribution in [-0.4, -0.2) is 26.1 Å². The molecular formula is C19H32O2Si. The van der Waals surface area contributed by atoms with Gasteiger partial charge in [-0.05, 0) is 30.1 Å². The molecule has 0 aromatic heterocycles. The molecular weight excluding hydrogens is 288 g/mol. The highest BCUT2D eigenvalue weighted by atomic mass is 28.4. The third-order valence-corrected chi connectivity index (χ3v) is 9.26. The molecule has 124 valence electrons. The van der Waals surface area contributed by atoms with Crippen LogP contribution in [0.3, 0.4) is 0 Å². The monoisotopic (exact) mass is 320 g/mol. The Kier molecular flexibility index (Phi) is 7.04. The summed E-state index contributed by atoms with van der Waals surface area (Å²) in [6, 6.07) is 10.1. The first-order valence-electron chi connectivity index (χ1n) is 8.19. The van der Waals surface area contributed by atoms with Gasteiger partial charge in [-0.25, -0.2) is 0 Å². The Labute approximate surface area is 137 Å². The number of aliphatic hydroxyl groups is 1. The number of hydrogen-bond acceptors (Lipinski definition) is 2. The molecule has 1 rings (SSSR count). The van der Waals surface area contributed by atoms with Gasteiger partial charge in [0.25, 0.3) is 0 Å². The minimum Gasteiger partial charge on any atom is -0.417 e. The fraction of sp³-hybridized carbons (Fsp3) is 0.579. The lowest BCUT2D eigenvalue weighted by Crippen LogP contribution is -2.40. The predicted octanol–water partition coefficient (Wildman–Crippen LogP) is 5.12. The molecule has 1 aromatic carbocycles. The molecule has 0 aliphatic carbocycles. The van der Waals surface area contributed by atoms with E-state index < -0.39 is 14.4 Å². The Morgan fingerprint density at radius 1 is 1.18 bits per heavy atom. The van der Waals surface area contributed by atoms with Crippen LogP contribution in [0.25, 0.3) is 0 Å². The first-order valence-corrected chi connectivity index (χ1v) is 11.1. The molecule has 1 aromatic rings. The van der Waals surface area contributed by atoms with E-state index in [9.17, 15) is 5.11 Å². The topological polar surface area (TPSA) is 29.5 Å². The fourth-order valence-electron chi connectivity index (χ4n) is 1.95. The third-order valence-electron chi connectivity index (χ3n) is 4.72.